The first-order valence-corrected chi connectivity index (χ1v) is 27.7. The van der Waals surface area contributed by atoms with Crippen molar-refractivity contribution in [3.8, 4) is 0 Å². The van der Waals surface area contributed by atoms with Gasteiger partial charge in [0.15, 0.2) is 18.9 Å². The number of carbonyl (C=O) groups is 1. The lowest BCUT2D eigenvalue weighted by Crippen LogP contribution is -2.68. The van der Waals surface area contributed by atoms with Crippen LogP contribution < -0.4 is 0 Å². The largest absolute Gasteiger partial charge is 0.432 e. The SMILES string of the molecule is C=C(C)[C@@H]1CC[C@]2(C(=O)O[C@@H]3O[C@H](CO[C@@H]4O[C@H](CO)[C@@H](O[C@@H]5O[C@@H](C)[C@H](O)[C@@H](O)[C@H]5O)[C@H](O)[C@H]4O)[C@@H](O)[C@H](O)[C@H]3O)CC[C@]3(C)[C@H](CC[C@@H]4[C@@]5(C)CC[C@H](O[C@@H]6O[C@H](CO)[C@@H](O)[C@H](O)[C@H]6O)C(C)(C)[C@@H]5CC[C@]43C)[C@@H]12. The maximum absolute atomic E-state index is 15.1. The fraction of sp³-hybridized carbons (Fsp3) is 0.944. The van der Waals surface area contributed by atoms with Crippen molar-refractivity contribution in [2.45, 2.75) is 242 Å². The van der Waals surface area contributed by atoms with Crippen LogP contribution in [-0.4, -0.2) is 221 Å². The summed E-state index contributed by atoms with van der Waals surface area (Å²) in [5.41, 5.74) is -0.824. The Hall–Kier alpha value is -1.59. The van der Waals surface area contributed by atoms with Gasteiger partial charge in [-0.3, -0.25) is 4.79 Å². The fourth-order valence-electron chi connectivity index (χ4n) is 17.3. The quantitative estimate of drug-likeness (QED) is 0.0623. The minimum atomic E-state index is -1.87. The number of allylic oxidation sites excluding steroid dienone is 1. The summed E-state index contributed by atoms with van der Waals surface area (Å²) >= 11 is 0. The van der Waals surface area contributed by atoms with E-state index in [1.54, 1.807) is 0 Å². The van der Waals surface area contributed by atoms with Crippen LogP contribution in [-0.2, 0) is 42.7 Å². The van der Waals surface area contributed by atoms with Crippen molar-refractivity contribution in [2.75, 3.05) is 19.8 Å². The second-order valence-electron chi connectivity index (χ2n) is 25.8. The molecule has 0 radical (unpaired) electrons. The van der Waals surface area contributed by atoms with E-state index in [4.69, 9.17) is 37.9 Å². The number of aliphatic hydroxyl groups excluding tert-OH is 13. The van der Waals surface area contributed by atoms with E-state index >= 15 is 4.79 Å². The topological polar surface area (TPSA) is 354 Å². The molecule has 9 rings (SSSR count). The van der Waals surface area contributed by atoms with E-state index in [2.05, 4.69) is 41.2 Å². The normalized spacial score (nSPS) is 55.1. The number of ether oxygens (including phenoxy) is 8. The highest BCUT2D eigenvalue weighted by Gasteiger charge is 2.73. The molecule has 0 unspecified atom stereocenters. The Kier molecular flexibility index (Phi) is 16.8. The first-order chi connectivity index (χ1) is 35.6. The summed E-state index contributed by atoms with van der Waals surface area (Å²) in [6.45, 7) is 17.6. The molecule has 22 heteroatoms. The molecule has 4 saturated heterocycles. The third-order valence-corrected chi connectivity index (χ3v) is 21.8. The van der Waals surface area contributed by atoms with Crippen molar-refractivity contribution in [2.24, 2.45) is 56.7 Å². The van der Waals surface area contributed by atoms with Crippen molar-refractivity contribution in [3.63, 3.8) is 0 Å². The Balaban J connectivity index is 0.879. The average molecular weight is 1090 g/mol. The van der Waals surface area contributed by atoms with E-state index in [9.17, 15) is 66.4 Å². The Morgan fingerprint density at radius 2 is 1.13 bits per heavy atom. The zero-order valence-electron chi connectivity index (χ0n) is 44.9. The predicted molar refractivity (Wildman–Crippen MR) is 261 cm³/mol. The number of fused-ring (bicyclic) bond motifs is 7. The highest BCUT2D eigenvalue weighted by molar-refractivity contribution is 5.78. The minimum absolute atomic E-state index is 0.00252. The van der Waals surface area contributed by atoms with Crippen molar-refractivity contribution < 1.29 is 109 Å². The van der Waals surface area contributed by atoms with Crippen molar-refractivity contribution in [1.29, 1.82) is 0 Å². The summed E-state index contributed by atoms with van der Waals surface area (Å²) in [5.74, 6) is -0.0967. The van der Waals surface area contributed by atoms with Gasteiger partial charge in [-0.25, -0.2) is 0 Å². The average Bonchev–Trinajstić information content (AvgIpc) is 3.95. The molecule has 5 aliphatic carbocycles. The summed E-state index contributed by atoms with van der Waals surface area (Å²) in [6, 6.07) is 0. The van der Waals surface area contributed by atoms with Gasteiger partial charge in [0.1, 0.15) is 91.6 Å². The van der Waals surface area contributed by atoms with Gasteiger partial charge in [-0.1, -0.05) is 46.8 Å². The summed E-state index contributed by atoms with van der Waals surface area (Å²) < 4.78 is 47.2. The van der Waals surface area contributed by atoms with Crippen molar-refractivity contribution in [3.05, 3.63) is 12.2 Å². The molecular weight excluding hydrogens is 1000 g/mol. The van der Waals surface area contributed by atoms with Crippen molar-refractivity contribution >= 4 is 5.97 Å². The first kappa shape index (κ1) is 59.0. The summed E-state index contributed by atoms with van der Waals surface area (Å²) in [5, 5.41) is 139. The lowest BCUT2D eigenvalue weighted by Gasteiger charge is -2.73. The molecule has 9 fully saturated rings. The van der Waals surface area contributed by atoms with Crippen LogP contribution in [0.1, 0.15) is 113 Å². The van der Waals surface area contributed by atoms with Gasteiger partial charge in [0, 0.05) is 0 Å². The molecular formula is C54H88O22. The molecule has 0 aromatic carbocycles. The summed E-state index contributed by atoms with van der Waals surface area (Å²) in [4.78, 5) is 15.1. The van der Waals surface area contributed by atoms with Crippen LogP contribution >= 0.6 is 0 Å². The molecule has 30 atom stereocenters. The number of rotatable bonds is 12. The van der Waals surface area contributed by atoms with Gasteiger partial charge in [0.2, 0.25) is 6.29 Å². The zero-order valence-corrected chi connectivity index (χ0v) is 44.9. The highest BCUT2D eigenvalue weighted by Crippen LogP contribution is 2.78. The van der Waals surface area contributed by atoms with Gasteiger partial charge in [-0.15, -0.1) is 0 Å². The number of esters is 1. The van der Waals surface area contributed by atoms with Gasteiger partial charge in [0.05, 0.1) is 37.4 Å². The van der Waals surface area contributed by atoms with Crippen LogP contribution in [0.5, 0.6) is 0 Å². The van der Waals surface area contributed by atoms with Gasteiger partial charge < -0.3 is 104 Å². The molecule has 22 nitrogen and oxygen atoms in total. The van der Waals surface area contributed by atoms with E-state index < -0.39 is 154 Å². The van der Waals surface area contributed by atoms with E-state index in [-0.39, 0.29) is 51.4 Å². The number of hydrogen-bond acceptors (Lipinski definition) is 22. The van der Waals surface area contributed by atoms with Crippen LogP contribution in [0.25, 0.3) is 0 Å². The van der Waals surface area contributed by atoms with E-state index in [0.29, 0.717) is 31.6 Å². The Morgan fingerprint density at radius 1 is 0.553 bits per heavy atom. The van der Waals surface area contributed by atoms with Crippen LogP contribution in [0.15, 0.2) is 12.2 Å². The van der Waals surface area contributed by atoms with Gasteiger partial charge in [0.25, 0.3) is 0 Å². The number of carbonyl (C=O) groups excluding carboxylic acids is 1. The summed E-state index contributed by atoms with van der Waals surface area (Å²) in [6.07, 6.45) is -24.0. The van der Waals surface area contributed by atoms with Crippen LogP contribution in [0.2, 0.25) is 0 Å². The third-order valence-electron chi connectivity index (χ3n) is 21.8. The lowest BCUT2D eigenvalue weighted by molar-refractivity contribution is -0.361. The smallest absolute Gasteiger partial charge is 0.314 e. The number of hydrogen-bond donors (Lipinski definition) is 13. The molecule has 13 N–H and O–H groups in total. The molecule has 0 aromatic rings. The second kappa shape index (κ2) is 21.6. The van der Waals surface area contributed by atoms with Crippen LogP contribution in [0.4, 0.5) is 0 Å². The molecule has 76 heavy (non-hydrogen) atoms. The molecule has 4 heterocycles. The molecule has 0 amide bonds. The van der Waals surface area contributed by atoms with Crippen molar-refractivity contribution in [1.82, 2.24) is 0 Å². The maximum atomic E-state index is 15.1. The monoisotopic (exact) mass is 1090 g/mol. The third kappa shape index (κ3) is 9.38. The highest BCUT2D eigenvalue weighted by atomic mass is 16.8. The summed E-state index contributed by atoms with van der Waals surface area (Å²) in [7, 11) is 0. The Labute approximate surface area is 444 Å². The van der Waals surface area contributed by atoms with E-state index in [0.717, 1.165) is 44.1 Å². The Bertz CT molecular complexity index is 2060. The zero-order chi connectivity index (χ0) is 55.5. The first-order valence-electron chi connectivity index (χ1n) is 27.7. The molecule has 0 bridgehead atoms. The minimum Gasteiger partial charge on any atom is -0.432 e. The van der Waals surface area contributed by atoms with Crippen LogP contribution in [0.3, 0.4) is 0 Å². The van der Waals surface area contributed by atoms with Gasteiger partial charge in [-0.2, -0.15) is 0 Å². The maximum Gasteiger partial charge on any atom is 0.314 e. The predicted octanol–water partition coefficient (Wildman–Crippen LogP) is -1.15. The molecule has 4 aliphatic heterocycles. The molecule has 9 aliphatic rings. The molecule has 5 saturated carbocycles. The van der Waals surface area contributed by atoms with E-state index in [1.165, 1.54) is 6.92 Å². The van der Waals surface area contributed by atoms with E-state index in [1.807, 2.05) is 6.92 Å². The number of aliphatic hydroxyl groups is 13. The van der Waals surface area contributed by atoms with Gasteiger partial charge >= 0.3 is 5.97 Å². The molecule has 436 valence electrons. The van der Waals surface area contributed by atoms with Crippen LogP contribution in [0, 0.1) is 56.7 Å². The standard InChI is InChI=1S/C54H88O22/c1-22(2)24-11-16-54(49(68)76-48-42(66)38(62)35(59)28(73-48)21-69-45-43(67)39(63)44(27(20-56)72-45)75-46-40(64)36(60)33(57)23(3)70-46)18-17-52(7)25(32(24)54)9-10-30-51(6)14-13-31(50(4,5)29(51)12-15-53(30,52)8)74-47-41(65)37(61)34(58)26(19-55)71-47/h23-48,55-67H,1,9-21H2,2-8H3/t23-,24-,25+,26+,27+,28+,29-,30+,31-,32+,33-,34+,35+,36+,37-,38-,39+,40+,41+,42+,43+,44+,45+,46-,47-,48-,51-,52+,53+,54-/m0/s1. The van der Waals surface area contributed by atoms with Gasteiger partial charge in [-0.05, 0) is 129 Å². The lowest BCUT2D eigenvalue weighted by atomic mass is 9.32. The second-order valence-corrected chi connectivity index (χ2v) is 25.8. The molecule has 0 aromatic heterocycles. The molecule has 0 spiro atoms. The Morgan fingerprint density at radius 3 is 1.78 bits per heavy atom. The fourth-order valence-corrected chi connectivity index (χ4v) is 17.3.